The van der Waals surface area contributed by atoms with E-state index in [1.807, 2.05) is 13.1 Å². The van der Waals surface area contributed by atoms with E-state index < -0.39 is 0 Å². The molecule has 0 aromatic heterocycles. The van der Waals surface area contributed by atoms with E-state index >= 15 is 0 Å². The summed E-state index contributed by atoms with van der Waals surface area (Å²) in [4.78, 5) is 13.6. The number of hydrogen-bond acceptors (Lipinski definition) is 2. The highest BCUT2D eigenvalue weighted by atomic mass is 19.1. The Morgan fingerprint density at radius 1 is 1.47 bits per heavy atom. The standard InChI is InChI=1S/C14H18FNO/c1-16(10-12-5-3-7-14(12)17)9-11-4-2-6-13(15)8-11/h2,4,6,8,12H,3,5,7,9-10H2,1H3. The summed E-state index contributed by atoms with van der Waals surface area (Å²) in [5.41, 5.74) is 0.956. The minimum Gasteiger partial charge on any atom is -0.301 e. The quantitative estimate of drug-likeness (QED) is 0.799. The van der Waals surface area contributed by atoms with Gasteiger partial charge in [-0.25, -0.2) is 4.39 Å². The first-order valence-corrected chi connectivity index (χ1v) is 6.11. The van der Waals surface area contributed by atoms with Gasteiger partial charge in [0.2, 0.25) is 0 Å². The fraction of sp³-hybridized carbons (Fsp3) is 0.500. The number of benzene rings is 1. The van der Waals surface area contributed by atoms with Gasteiger partial charge in [0.05, 0.1) is 0 Å². The molecule has 1 aromatic carbocycles. The predicted octanol–water partition coefficient (Wildman–Crippen LogP) is 2.63. The molecule has 0 aliphatic heterocycles. The second-order valence-corrected chi connectivity index (χ2v) is 4.88. The lowest BCUT2D eigenvalue weighted by Gasteiger charge is -2.20. The number of hydrogen-bond donors (Lipinski definition) is 0. The predicted molar refractivity (Wildman–Crippen MR) is 65.1 cm³/mol. The zero-order valence-electron chi connectivity index (χ0n) is 10.2. The maximum atomic E-state index is 13.0. The number of carbonyl (C=O) groups is 1. The Bertz CT molecular complexity index is 405. The molecule has 0 spiro atoms. The first-order chi connectivity index (χ1) is 8.15. The molecule has 1 aromatic rings. The molecule has 2 nitrogen and oxygen atoms in total. The van der Waals surface area contributed by atoms with Gasteiger partial charge >= 0.3 is 0 Å². The van der Waals surface area contributed by atoms with Gasteiger partial charge in [0, 0.05) is 25.4 Å². The van der Waals surface area contributed by atoms with Crippen molar-refractivity contribution in [3.8, 4) is 0 Å². The van der Waals surface area contributed by atoms with Crippen LogP contribution in [0.25, 0.3) is 0 Å². The molecule has 3 heteroatoms. The Morgan fingerprint density at radius 2 is 2.29 bits per heavy atom. The lowest BCUT2D eigenvalue weighted by atomic mass is 10.1. The monoisotopic (exact) mass is 235 g/mol. The molecule has 92 valence electrons. The summed E-state index contributed by atoms with van der Waals surface area (Å²) in [6.45, 7) is 1.48. The third-order valence-electron chi connectivity index (χ3n) is 3.30. The minimum absolute atomic E-state index is 0.188. The molecule has 1 fully saturated rings. The minimum atomic E-state index is -0.201. The summed E-state index contributed by atoms with van der Waals surface area (Å²) < 4.78 is 13.0. The Balaban J connectivity index is 1.88. The van der Waals surface area contributed by atoms with Crippen LogP contribution >= 0.6 is 0 Å². The van der Waals surface area contributed by atoms with E-state index in [0.29, 0.717) is 12.3 Å². The van der Waals surface area contributed by atoms with Crippen molar-refractivity contribution in [2.24, 2.45) is 5.92 Å². The normalized spacial score (nSPS) is 20.2. The van der Waals surface area contributed by atoms with Crippen molar-refractivity contribution in [3.05, 3.63) is 35.6 Å². The molecule has 0 bridgehead atoms. The SMILES string of the molecule is CN(Cc1cccc(F)c1)CC1CCCC1=O. The molecule has 1 unspecified atom stereocenters. The summed E-state index contributed by atoms with van der Waals surface area (Å²) in [6, 6.07) is 6.63. The van der Waals surface area contributed by atoms with Crippen molar-refractivity contribution in [2.45, 2.75) is 25.8 Å². The molecule has 1 aliphatic carbocycles. The Labute approximate surface area is 101 Å². The average molecular weight is 235 g/mol. The number of nitrogens with zero attached hydrogens (tertiary/aromatic N) is 1. The highest BCUT2D eigenvalue weighted by Crippen LogP contribution is 2.22. The van der Waals surface area contributed by atoms with Crippen LogP contribution < -0.4 is 0 Å². The number of carbonyl (C=O) groups excluding carboxylic acids is 1. The van der Waals surface area contributed by atoms with E-state index in [9.17, 15) is 9.18 Å². The molecule has 0 heterocycles. The van der Waals surface area contributed by atoms with E-state index in [4.69, 9.17) is 0 Å². The summed E-state index contributed by atoms with van der Waals surface area (Å²) in [6.07, 6.45) is 2.77. The maximum Gasteiger partial charge on any atom is 0.137 e. The molecule has 0 N–H and O–H groups in total. The topological polar surface area (TPSA) is 20.3 Å². The molecule has 0 amide bonds. The zero-order valence-corrected chi connectivity index (χ0v) is 10.2. The van der Waals surface area contributed by atoms with E-state index in [-0.39, 0.29) is 11.7 Å². The van der Waals surface area contributed by atoms with Crippen molar-refractivity contribution in [2.75, 3.05) is 13.6 Å². The molecule has 17 heavy (non-hydrogen) atoms. The molecule has 1 saturated carbocycles. The first-order valence-electron chi connectivity index (χ1n) is 6.11. The van der Waals surface area contributed by atoms with Crippen LogP contribution in [0.15, 0.2) is 24.3 Å². The molecule has 0 saturated heterocycles. The van der Waals surface area contributed by atoms with Gasteiger partial charge in [-0.1, -0.05) is 12.1 Å². The van der Waals surface area contributed by atoms with Gasteiger partial charge in [0.15, 0.2) is 0 Å². The van der Waals surface area contributed by atoms with Crippen LogP contribution in [0.4, 0.5) is 4.39 Å². The number of halogens is 1. The van der Waals surface area contributed by atoms with Crippen LogP contribution in [0.3, 0.4) is 0 Å². The third kappa shape index (κ3) is 3.37. The van der Waals surface area contributed by atoms with E-state index in [0.717, 1.165) is 31.4 Å². The van der Waals surface area contributed by atoms with Crippen LogP contribution in [0.5, 0.6) is 0 Å². The van der Waals surface area contributed by atoms with Gasteiger partial charge in [-0.3, -0.25) is 4.79 Å². The summed E-state index contributed by atoms with van der Waals surface area (Å²) in [5, 5.41) is 0. The van der Waals surface area contributed by atoms with E-state index in [1.165, 1.54) is 6.07 Å². The van der Waals surface area contributed by atoms with Crippen molar-refractivity contribution in [1.82, 2.24) is 4.90 Å². The Morgan fingerprint density at radius 3 is 2.94 bits per heavy atom. The van der Waals surface area contributed by atoms with Crippen molar-refractivity contribution >= 4 is 5.78 Å². The lowest BCUT2D eigenvalue weighted by Crippen LogP contribution is -2.27. The van der Waals surface area contributed by atoms with E-state index in [2.05, 4.69) is 4.90 Å². The number of Topliss-reactive ketones (excluding diaryl/α,β-unsaturated/α-hetero) is 1. The fourth-order valence-electron chi connectivity index (χ4n) is 2.47. The van der Waals surface area contributed by atoms with Crippen molar-refractivity contribution in [3.63, 3.8) is 0 Å². The number of ketones is 1. The van der Waals surface area contributed by atoms with Gasteiger partial charge in [0.1, 0.15) is 11.6 Å². The highest BCUT2D eigenvalue weighted by Gasteiger charge is 2.25. The zero-order chi connectivity index (χ0) is 12.3. The third-order valence-corrected chi connectivity index (χ3v) is 3.30. The van der Waals surface area contributed by atoms with Crippen LogP contribution in [0, 0.1) is 11.7 Å². The molecule has 2 rings (SSSR count). The van der Waals surface area contributed by atoms with Gasteiger partial charge in [-0.05, 0) is 37.6 Å². The van der Waals surface area contributed by atoms with Crippen LogP contribution in [0.2, 0.25) is 0 Å². The largest absolute Gasteiger partial charge is 0.301 e. The summed E-state index contributed by atoms with van der Waals surface area (Å²) in [5.74, 6) is 0.373. The van der Waals surface area contributed by atoms with Gasteiger partial charge in [-0.2, -0.15) is 0 Å². The lowest BCUT2D eigenvalue weighted by molar-refractivity contribution is -0.121. The molecule has 1 aliphatic rings. The van der Waals surface area contributed by atoms with Gasteiger partial charge < -0.3 is 4.90 Å². The Kier molecular flexibility index (Phi) is 3.89. The fourth-order valence-corrected chi connectivity index (χ4v) is 2.47. The first kappa shape index (κ1) is 12.2. The van der Waals surface area contributed by atoms with Gasteiger partial charge in [-0.15, -0.1) is 0 Å². The van der Waals surface area contributed by atoms with E-state index in [1.54, 1.807) is 12.1 Å². The molecular formula is C14H18FNO. The van der Waals surface area contributed by atoms with Crippen LogP contribution in [0.1, 0.15) is 24.8 Å². The molecule has 0 radical (unpaired) electrons. The van der Waals surface area contributed by atoms with Crippen LogP contribution in [-0.4, -0.2) is 24.3 Å². The molecular weight excluding hydrogens is 217 g/mol. The summed E-state index contributed by atoms with van der Waals surface area (Å²) >= 11 is 0. The highest BCUT2D eigenvalue weighted by molar-refractivity contribution is 5.83. The Hall–Kier alpha value is -1.22. The second-order valence-electron chi connectivity index (χ2n) is 4.88. The number of rotatable bonds is 4. The second kappa shape index (κ2) is 5.41. The van der Waals surface area contributed by atoms with Crippen molar-refractivity contribution < 1.29 is 9.18 Å². The summed E-state index contributed by atoms with van der Waals surface area (Å²) in [7, 11) is 1.98. The maximum absolute atomic E-state index is 13.0. The smallest absolute Gasteiger partial charge is 0.137 e. The molecule has 1 atom stereocenters. The van der Waals surface area contributed by atoms with Crippen LogP contribution in [-0.2, 0) is 11.3 Å². The average Bonchev–Trinajstić information content (AvgIpc) is 2.64. The van der Waals surface area contributed by atoms with Gasteiger partial charge in [0.25, 0.3) is 0 Å². The van der Waals surface area contributed by atoms with Crippen molar-refractivity contribution in [1.29, 1.82) is 0 Å².